The molecule has 0 radical (unpaired) electrons. The SMILES string of the molecule is Cc1ncsc1-c1ccc(CNC(=O)C2CC(O)CN2C(=O)C(C(C)C)N2Cc3ccccc3C2=O)c(OCCOCCNC(=O)c2ccccc2NC(=O)C(CCCCN)NC(=O)C2CCCN2C(=O)Cc2cccc3ccccc23)c1. The van der Waals surface area contributed by atoms with Crippen molar-refractivity contribution in [2.24, 2.45) is 11.7 Å². The van der Waals surface area contributed by atoms with E-state index < -0.39 is 59.8 Å². The molecule has 7 amide bonds. The van der Waals surface area contributed by atoms with Crippen molar-refractivity contribution in [1.82, 2.24) is 35.6 Å². The van der Waals surface area contributed by atoms with E-state index in [1.165, 1.54) is 16.2 Å². The lowest BCUT2D eigenvalue weighted by Gasteiger charge is -2.35. The maximum absolute atomic E-state index is 14.3. The van der Waals surface area contributed by atoms with E-state index in [2.05, 4.69) is 26.3 Å². The Morgan fingerprint density at radius 3 is 2.42 bits per heavy atom. The summed E-state index contributed by atoms with van der Waals surface area (Å²) in [4.78, 5) is 107. The number of likely N-dealkylation sites (tertiary alicyclic amines) is 2. The number of aliphatic hydroxyl groups excluding tert-OH is 1. The molecule has 0 saturated carbocycles. The van der Waals surface area contributed by atoms with Crippen LogP contribution in [0.3, 0.4) is 0 Å². The van der Waals surface area contributed by atoms with E-state index in [-0.39, 0.29) is 87.8 Å². The summed E-state index contributed by atoms with van der Waals surface area (Å²) in [5, 5.41) is 24.5. The minimum atomic E-state index is -0.965. The molecule has 6 aromatic rings. The van der Waals surface area contributed by atoms with Crippen molar-refractivity contribution < 1.29 is 48.1 Å². The molecule has 20 heteroatoms. The summed E-state index contributed by atoms with van der Waals surface area (Å²) in [6.07, 6.45) is 1.87. The van der Waals surface area contributed by atoms with Crippen LogP contribution >= 0.6 is 11.3 Å². The smallest absolute Gasteiger partial charge is 0.255 e. The quantitative estimate of drug-likeness (QED) is 0.0354. The van der Waals surface area contributed by atoms with Gasteiger partial charge in [0, 0.05) is 50.3 Å². The van der Waals surface area contributed by atoms with Crippen molar-refractivity contribution >= 4 is 69.1 Å². The van der Waals surface area contributed by atoms with E-state index >= 15 is 0 Å². The van der Waals surface area contributed by atoms with Gasteiger partial charge in [-0.3, -0.25) is 33.6 Å². The van der Waals surface area contributed by atoms with Crippen LogP contribution in [-0.2, 0) is 48.2 Å². The summed E-state index contributed by atoms with van der Waals surface area (Å²) in [6.45, 7) is 7.30. The minimum Gasteiger partial charge on any atom is -0.491 e. The van der Waals surface area contributed by atoms with E-state index in [1.54, 1.807) is 51.7 Å². The van der Waals surface area contributed by atoms with Gasteiger partial charge in [-0.15, -0.1) is 11.3 Å². The fraction of sp³-hybridized carbons (Fsp3) is 0.397. The number of aryl methyl sites for hydroxylation is 1. The normalized spacial score (nSPS) is 17.3. The average molecular weight is 1150 g/mol. The van der Waals surface area contributed by atoms with E-state index in [4.69, 9.17) is 15.2 Å². The number of anilines is 1. The fourth-order valence-corrected chi connectivity index (χ4v) is 12.1. The predicted molar refractivity (Wildman–Crippen MR) is 316 cm³/mol. The van der Waals surface area contributed by atoms with Gasteiger partial charge in [0.05, 0.1) is 53.1 Å². The van der Waals surface area contributed by atoms with Gasteiger partial charge in [0.1, 0.15) is 36.5 Å². The molecule has 2 saturated heterocycles. The van der Waals surface area contributed by atoms with Crippen LogP contribution < -0.4 is 31.7 Å². The molecular formula is C63H73N9O10S. The number of aliphatic hydroxyl groups is 1. The number of fused-ring (bicyclic) bond motifs is 2. The number of nitrogens with two attached hydrogens (primary N) is 1. The van der Waals surface area contributed by atoms with Gasteiger partial charge in [-0.25, -0.2) is 4.98 Å². The maximum atomic E-state index is 14.3. The molecule has 436 valence electrons. The number of unbranched alkanes of at least 4 members (excludes halogenated alkanes) is 1. The number of β-amino-alcohol motifs (C(OH)–C–C–N with tert-alkyl or cyclic N) is 1. The Kier molecular flexibility index (Phi) is 20.0. The van der Waals surface area contributed by atoms with Crippen molar-refractivity contribution in [3.63, 3.8) is 0 Å². The maximum Gasteiger partial charge on any atom is 0.255 e. The van der Waals surface area contributed by atoms with Crippen molar-refractivity contribution in [3.8, 4) is 16.2 Å². The number of thiazole rings is 1. The van der Waals surface area contributed by atoms with Gasteiger partial charge >= 0.3 is 0 Å². The molecule has 9 rings (SSSR count). The van der Waals surface area contributed by atoms with Crippen molar-refractivity contribution in [2.45, 2.75) is 109 Å². The first-order chi connectivity index (χ1) is 40.2. The van der Waals surface area contributed by atoms with E-state index in [9.17, 15) is 38.7 Å². The minimum absolute atomic E-state index is 0.0402. The standard InChI is InChI=1S/C63H73N9O10S/c1-39(2)56(72-36-45-15-5-7-19-48(45)62(72)79)63(80)71-37-46(73)34-53(71)60(77)66-35-44-25-24-43(57-40(3)67-38-83-57)32-54(44)82-31-30-81-29-27-65-58(75)49-20-8-9-21-50(49)68-59(76)51(22-10-11-26-64)69-61(78)52-23-13-28-70(52)55(74)33-42-17-12-16-41-14-4-6-18-47(41)42/h4-9,12,14-21,24-25,32,38-39,46,51-53,56,73H,10-11,13,22-23,26-31,33-37,64H2,1-3H3,(H,65,75)(H,66,77)(H,68,76)(H,69,78). The lowest BCUT2D eigenvalue weighted by molar-refractivity contribution is -0.143. The summed E-state index contributed by atoms with van der Waals surface area (Å²) in [7, 11) is 0. The first-order valence-corrected chi connectivity index (χ1v) is 29.4. The molecule has 5 unspecified atom stereocenters. The number of carbonyl (C=O) groups is 7. The predicted octanol–water partition coefficient (Wildman–Crippen LogP) is 6.14. The molecule has 83 heavy (non-hydrogen) atoms. The van der Waals surface area contributed by atoms with E-state index in [0.717, 1.165) is 38.0 Å². The Morgan fingerprint density at radius 1 is 0.843 bits per heavy atom. The second-order valence-corrected chi connectivity index (χ2v) is 22.5. The van der Waals surface area contributed by atoms with Crippen LogP contribution in [0.15, 0.2) is 115 Å². The number of nitrogens with zero attached hydrogens (tertiary/aromatic N) is 4. The van der Waals surface area contributed by atoms with Gasteiger partial charge in [0.2, 0.25) is 29.5 Å². The first kappa shape index (κ1) is 59.6. The zero-order valence-corrected chi connectivity index (χ0v) is 48.0. The van der Waals surface area contributed by atoms with Crippen LogP contribution in [0.5, 0.6) is 5.75 Å². The molecule has 5 atom stereocenters. The summed E-state index contributed by atoms with van der Waals surface area (Å²) in [6, 6.07) is 29.8. The molecule has 3 aliphatic heterocycles. The number of aromatic nitrogens is 1. The Morgan fingerprint density at radius 2 is 1.63 bits per heavy atom. The number of amides is 7. The summed E-state index contributed by atoms with van der Waals surface area (Å²) >= 11 is 1.49. The van der Waals surface area contributed by atoms with E-state index in [1.807, 2.05) is 93.6 Å². The fourth-order valence-electron chi connectivity index (χ4n) is 11.3. The highest BCUT2D eigenvalue weighted by molar-refractivity contribution is 7.13. The molecule has 7 N–H and O–H groups in total. The van der Waals surface area contributed by atoms with Gasteiger partial charge in [0.15, 0.2) is 0 Å². The number of nitrogens with one attached hydrogen (secondary N) is 4. The second-order valence-electron chi connectivity index (χ2n) is 21.6. The lowest BCUT2D eigenvalue weighted by Crippen LogP contribution is -2.55. The molecule has 3 aliphatic rings. The van der Waals surface area contributed by atoms with Gasteiger partial charge in [-0.2, -0.15) is 0 Å². The van der Waals surface area contributed by atoms with Crippen molar-refractivity contribution in [2.75, 3.05) is 51.3 Å². The molecule has 1 aromatic heterocycles. The Labute approximate surface area is 487 Å². The first-order valence-electron chi connectivity index (χ1n) is 28.5. The van der Waals surface area contributed by atoms with Gasteiger partial charge in [0.25, 0.3) is 11.8 Å². The average Bonchev–Trinajstić information content (AvgIpc) is 4.26. The van der Waals surface area contributed by atoms with Crippen molar-refractivity contribution in [3.05, 3.63) is 148 Å². The Balaban J connectivity index is 0.768. The largest absolute Gasteiger partial charge is 0.491 e. The summed E-state index contributed by atoms with van der Waals surface area (Å²) < 4.78 is 12.2. The molecule has 4 heterocycles. The second kappa shape index (κ2) is 27.8. The third-order valence-electron chi connectivity index (χ3n) is 15.6. The van der Waals surface area contributed by atoms with Crippen LogP contribution in [0.2, 0.25) is 0 Å². The molecule has 0 aliphatic carbocycles. The number of carbonyl (C=O) groups excluding carboxylic acids is 7. The number of rotatable bonds is 25. The van der Waals surface area contributed by atoms with Crippen LogP contribution in [-0.4, -0.2) is 142 Å². The van der Waals surface area contributed by atoms with Gasteiger partial charge < -0.3 is 56.3 Å². The zero-order valence-electron chi connectivity index (χ0n) is 47.1. The number of ether oxygens (including phenoxy) is 2. The molecular weight excluding hydrogens is 1070 g/mol. The zero-order chi connectivity index (χ0) is 58.6. The monoisotopic (exact) mass is 1150 g/mol. The van der Waals surface area contributed by atoms with Crippen LogP contribution in [0.25, 0.3) is 21.2 Å². The molecule has 0 spiro atoms. The number of para-hydroxylation sites is 1. The highest BCUT2D eigenvalue weighted by Gasteiger charge is 2.46. The molecule has 2 fully saturated rings. The van der Waals surface area contributed by atoms with Gasteiger partial charge in [-0.1, -0.05) is 98.8 Å². The van der Waals surface area contributed by atoms with Gasteiger partial charge in [-0.05, 0) is 103 Å². The number of hydrogen-bond acceptors (Lipinski definition) is 13. The molecule has 19 nitrogen and oxygen atoms in total. The number of hydrogen-bond donors (Lipinski definition) is 6. The topological polar surface area (TPSA) is 255 Å². The van der Waals surface area contributed by atoms with Crippen LogP contribution in [0, 0.1) is 12.8 Å². The third kappa shape index (κ3) is 14.2. The Hall–Kier alpha value is -8.04. The van der Waals surface area contributed by atoms with E-state index in [0.29, 0.717) is 62.1 Å². The third-order valence-corrected chi connectivity index (χ3v) is 16.6. The summed E-state index contributed by atoms with van der Waals surface area (Å²) in [5.74, 6) is -2.38. The highest BCUT2D eigenvalue weighted by Crippen LogP contribution is 2.34. The lowest BCUT2D eigenvalue weighted by atomic mass is 10.0. The molecule has 0 bridgehead atoms. The van der Waals surface area contributed by atoms with Crippen LogP contribution in [0.1, 0.15) is 95.5 Å². The summed E-state index contributed by atoms with van der Waals surface area (Å²) in [5.41, 5.74) is 12.7. The van der Waals surface area contributed by atoms with Crippen molar-refractivity contribution in [1.29, 1.82) is 0 Å². The molecule has 5 aromatic carbocycles. The van der Waals surface area contributed by atoms with Crippen LogP contribution in [0.4, 0.5) is 5.69 Å². The highest BCUT2D eigenvalue weighted by atomic mass is 32.1. The Bertz CT molecular complexity index is 3330. The number of benzene rings is 5.